The van der Waals surface area contributed by atoms with Gasteiger partial charge in [-0.2, -0.15) is 0 Å². The van der Waals surface area contributed by atoms with Crippen LogP contribution < -0.4 is 15.4 Å². The maximum Gasteiger partial charge on any atom is 0.262 e. The predicted octanol–water partition coefficient (Wildman–Crippen LogP) is 5.04. The van der Waals surface area contributed by atoms with Gasteiger partial charge >= 0.3 is 0 Å². The maximum atomic E-state index is 12.2. The first-order valence-corrected chi connectivity index (χ1v) is 10.0. The quantitative estimate of drug-likeness (QED) is 0.449. The van der Waals surface area contributed by atoms with E-state index in [0.717, 1.165) is 16.3 Å². The second-order valence-corrected chi connectivity index (χ2v) is 7.13. The van der Waals surface area contributed by atoms with Crippen LogP contribution in [-0.2, 0) is 16.0 Å². The molecular weight excluding hydrogens is 388 g/mol. The molecule has 0 heterocycles. The third-order valence-corrected chi connectivity index (χ3v) is 4.75. The summed E-state index contributed by atoms with van der Waals surface area (Å²) in [5, 5.41) is 7.83. The molecule has 0 saturated carbocycles. The fraction of sp³-hybridized carbons (Fsp3) is 0.0769. The van der Waals surface area contributed by atoms with Gasteiger partial charge < -0.3 is 15.4 Å². The molecule has 31 heavy (non-hydrogen) atoms. The monoisotopic (exact) mass is 410 g/mol. The lowest BCUT2D eigenvalue weighted by Gasteiger charge is -2.10. The summed E-state index contributed by atoms with van der Waals surface area (Å²) in [6, 6.07) is 30.3. The number of rotatable bonds is 7. The van der Waals surface area contributed by atoms with Gasteiger partial charge in [-0.25, -0.2) is 0 Å². The molecule has 0 saturated heterocycles. The fourth-order valence-electron chi connectivity index (χ4n) is 3.23. The molecule has 4 rings (SSSR count). The van der Waals surface area contributed by atoms with E-state index in [1.165, 1.54) is 0 Å². The smallest absolute Gasteiger partial charge is 0.262 e. The lowest BCUT2D eigenvalue weighted by atomic mass is 10.1. The Morgan fingerprint density at radius 1 is 0.645 bits per heavy atom. The Morgan fingerprint density at radius 3 is 1.97 bits per heavy atom. The molecule has 0 fully saturated rings. The Bertz CT molecular complexity index is 1190. The standard InChI is InChI=1S/C26H22N2O3/c29-25(16-19-6-2-1-3-7-19)27-22-11-13-23(14-12-22)28-26(30)18-31-24-15-10-20-8-4-5-9-21(20)17-24/h1-15,17H,16,18H2,(H,27,29)(H,28,30). The van der Waals surface area contributed by atoms with E-state index >= 15 is 0 Å². The summed E-state index contributed by atoms with van der Waals surface area (Å²) in [6.45, 7) is -0.0894. The molecule has 2 amide bonds. The minimum absolute atomic E-state index is 0.0894. The van der Waals surface area contributed by atoms with E-state index in [4.69, 9.17) is 4.74 Å². The second-order valence-electron chi connectivity index (χ2n) is 7.13. The molecule has 0 aliphatic heterocycles. The van der Waals surface area contributed by atoms with Crippen molar-refractivity contribution in [2.45, 2.75) is 6.42 Å². The summed E-state index contributed by atoms with van der Waals surface area (Å²) >= 11 is 0. The molecule has 0 aromatic heterocycles. The van der Waals surface area contributed by atoms with Crippen LogP contribution in [0.15, 0.2) is 97.1 Å². The van der Waals surface area contributed by atoms with Crippen molar-refractivity contribution >= 4 is 34.0 Å². The van der Waals surface area contributed by atoms with Crippen molar-refractivity contribution < 1.29 is 14.3 Å². The average molecular weight is 410 g/mol. The minimum atomic E-state index is -0.256. The molecule has 0 aliphatic rings. The average Bonchev–Trinajstić information content (AvgIpc) is 2.79. The number of fused-ring (bicyclic) bond motifs is 1. The van der Waals surface area contributed by atoms with Gasteiger partial charge in [-0.05, 0) is 52.7 Å². The van der Waals surface area contributed by atoms with Crippen LogP contribution in [0, 0.1) is 0 Å². The Labute approximate surface area is 180 Å². The Morgan fingerprint density at radius 2 is 1.26 bits per heavy atom. The highest BCUT2D eigenvalue weighted by Gasteiger charge is 2.07. The number of anilines is 2. The summed E-state index contributed by atoms with van der Waals surface area (Å²) in [5.74, 6) is 0.297. The lowest BCUT2D eigenvalue weighted by molar-refractivity contribution is -0.118. The number of ether oxygens (including phenoxy) is 1. The molecule has 5 nitrogen and oxygen atoms in total. The number of hydrogen-bond acceptors (Lipinski definition) is 3. The lowest BCUT2D eigenvalue weighted by Crippen LogP contribution is -2.20. The molecule has 5 heteroatoms. The summed E-state index contributed by atoms with van der Waals surface area (Å²) in [6.07, 6.45) is 0.311. The SMILES string of the molecule is O=C(COc1ccc2ccccc2c1)Nc1ccc(NC(=O)Cc2ccccc2)cc1. The summed E-state index contributed by atoms with van der Waals surface area (Å²) < 4.78 is 5.61. The first-order valence-electron chi connectivity index (χ1n) is 10.0. The van der Waals surface area contributed by atoms with Crippen molar-refractivity contribution in [3.8, 4) is 5.75 Å². The summed E-state index contributed by atoms with van der Waals surface area (Å²) in [4.78, 5) is 24.4. The highest BCUT2D eigenvalue weighted by atomic mass is 16.5. The molecule has 154 valence electrons. The van der Waals surface area contributed by atoms with Gasteiger partial charge in [-0.3, -0.25) is 9.59 Å². The fourth-order valence-corrected chi connectivity index (χ4v) is 3.23. The molecule has 0 aliphatic carbocycles. The Balaban J connectivity index is 1.27. The number of nitrogens with one attached hydrogen (secondary N) is 2. The van der Waals surface area contributed by atoms with E-state index in [-0.39, 0.29) is 18.4 Å². The largest absolute Gasteiger partial charge is 0.484 e. The number of benzene rings is 4. The van der Waals surface area contributed by atoms with Crippen LogP contribution in [0.4, 0.5) is 11.4 Å². The zero-order valence-electron chi connectivity index (χ0n) is 16.9. The molecule has 0 spiro atoms. The highest BCUT2D eigenvalue weighted by molar-refractivity contribution is 5.94. The highest BCUT2D eigenvalue weighted by Crippen LogP contribution is 2.20. The van der Waals surface area contributed by atoms with Gasteiger partial charge in [-0.15, -0.1) is 0 Å². The number of carbonyl (C=O) groups is 2. The molecule has 0 atom stereocenters. The van der Waals surface area contributed by atoms with Crippen LogP contribution in [0.2, 0.25) is 0 Å². The van der Waals surface area contributed by atoms with Crippen molar-refractivity contribution in [1.29, 1.82) is 0 Å². The molecule has 0 radical (unpaired) electrons. The van der Waals surface area contributed by atoms with Gasteiger partial charge in [0.1, 0.15) is 5.75 Å². The van der Waals surface area contributed by atoms with Crippen LogP contribution in [0.5, 0.6) is 5.75 Å². The molecule has 2 N–H and O–H groups in total. The van der Waals surface area contributed by atoms with Gasteiger partial charge in [-0.1, -0.05) is 60.7 Å². The van der Waals surface area contributed by atoms with Gasteiger partial charge in [0.05, 0.1) is 6.42 Å². The zero-order chi connectivity index (χ0) is 21.5. The van der Waals surface area contributed by atoms with Crippen LogP contribution >= 0.6 is 0 Å². The van der Waals surface area contributed by atoms with E-state index in [9.17, 15) is 9.59 Å². The Hall–Kier alpha value is -4.12. The van der Waals surface area contributed by atoms with Crippen LogP contribution in [0.25, 0.3) is 10.8 Å². The van der Waals surface area contributed by atoms with Crippen molar-refractivity contribution in [2.75, 3.05) is 17.2 Å². The molecule has 4 aromatic carbocycles. The third-order valence-electron chi connectivity index (χ3n) is 4.75. The van der Waals surface area contributed by atoms with Crippen molar-refractivity contribution in [3.63, 3.8) is 0 Å². The van der Waals surface area contributed by atoms with Crippen LogP contribution in [-0.4, -0.2) is 18.4 Å². The van der Waals surface area contributed by atoms with Gasteiger partial charge in [0.25, 0.3) is 5.91 Å². The Kier molecular flexibility index (Phi) is 6.24. The van der Waals surface area contributed by atoms with Crippen LogP contribution in [0.3, 0.4) is 0 Å². The molecule has 0 unspecified atom stereocenters. The number of amides is 2. The topological polar surface area (TPSA) is 67.4 Å². The number of carbonyl (C=O) groups excluding carboxylic acids is 2. The van der Waals surface area contributed by atoms with Crippen molar-refractivity contribution in [3.05, 3.63) is 103 Å². The first kappa shape index (κ1) is 20.2. The summed E-state index contributed by atoms with van der Waals surface area (Å²) in [7, 11) is 0. The second kappa shape index (κ2) is 9.59. The van der Waals surface area contributed by atoms with Crippen molar-refractivity contribution in [1.82, 2.24) is 0 Å². The summed E-state index contributed by atoms with van der Waals surface area (Å²) in [5.41, 5.74) is 2.26. The minimum Gasteiger partial charge on any atom is -0.484 e. The number of hydrogen-bond donors (Lipinski definition) is 2. The van der Waals surface area contributed by atoms with Gasteiger partial charge in [0.2, 0.25) is 5.91 Å². The zero-order valence-corrected chi connectivity index (χ0v) is 16.9. The van der Waals surface area contributed by atoms with E-state index in [1.807, 2.05) is 72.8 Å². The predicted molar refractivity (Wildman–Crippen MR) is 123 cm³/mol. The third kappa shape index (κ3) is 5.70. The van der Waals surface area contributed by atoms with E-state index < -0.39 is 0 Å². The van der Waals surface area contributed by atoms with Crippen molar-refractivity contribution in [2.24, 2.45) is 0 Å². The van der Waals surface area contributed by atoms with E-state index in [1.54, 1.807) is 24.3 Å². The molecule has 4 aromatic rings. The maximum absolute atomic E-state index is 12.2. The van der Waals surface area contributed by atoms with E-state index in [2.05, 4.69) is 10.6 Å². The van der Waals surface area contributed by atoms with Crippen LogP contribution in [0.1, 0.15) is 5.56 Å². The molecular formula is C26H22N2O3. The van der Waals surface area contributed by atoms with E-state index in [0.29, 0.717) is 23.5 Å². The van der Waals surface area contributed by atoms with Gasteiger partial charge in [0.15, 0.2) is 6.61 Å². The van der Waals surface area contributed by atoms with Gasteiger partial charge in [0, 0.05) is 11.4 Å². The molecule has 0 bridgehead atoms. The normalized spacial score (nSPS) is 10.5. The first-order chi connectivity index (χ1) is 15.2.